The molecular formula is C15H27N3S. The summed E-state index contributed by atoms with van der Waals surface area (Å²) in [6.45, 7) is 5.37. The molecule has 1 aromatic heterocycles. The van der Waals surface area contributed by atoms with E-state index in [0.29, 0.717) is 6.04 Å². The number of hydrogen-bond donors (Lipinski definition) is 1. The Hall–Kier alpha value is -0.480. The van der Waals surface area contributed by atoms with Crippen molar-refractivity contribution < 1.29 is 0 Å². The number of hydrogen-bond acceptors (Lipinski definition) is 4. The van der Waals surface area contributed by atoms with E-state index < -0.39 is 0 Å². The minimum absolute atomic E-state index is 0.554. The van der Waals surface area contributed by atoms with E-state index in [1.807, 2.05) is 11.3 Å². The van der Waals surface area contributed by atoms with Gasteiger partial charge < -0.3 is 5.32 Å². The molecule has 2 rings (SSSR count). The maximum atomic E-state index is 4.38. The standard InChI is InChI=1S/C15H27N3S/c1-12(2)16-10-9-14-17-18-15(19-14)11-13-7-5-3-4-6-8-13/h12-13,16H,3-11H2,1-2H3. The lowest BCUT2D eigenvalue weighted by molar-refractivity contribution is 0.456. The molecule has 0 atom stereocenters. The molecule has 1 aliphatic rings. The van der Waals surface area contributed by atoms with Crippen molar-refractivity contribution in [3.8, 4) is 0 Å². The highest BCUT2D eigenvalue weighted by atomic mass is 32.1. The third kappa shape index (κ3) is 5.57. The zero-order valence-electron chi connectivity index (χ0n) is 12.3. The van der Waals surface area contributed by atoms with Crippen molar-refractivity contribution in [3.63, 3.8) is 0 Å². The fourth-order valence-corrected chi connectivity index (χ4v) is 3.71. The van der Waals surface area contributed by atoms with Gasteiger partial charge in [-0.1, -0.05) is 52.4 Å². The second-order valence-corrected chi connectivity index (χ2v) is 7.16. The molecule has 1 fully saturated rings. The Kier molecular flexibility index (Phi) is 6.24. The lowest BCUT2D eigenvalue weighted by Gasteiger charge is -2.10. The number of rotatable bonds is 6. The molecule has 0 saturated heterocycles. The summed E-state index contributed by atoms with van der Waals surface area (Å²) in [6.07, 6.45) is 10.6. The Balaban J connectivity index is 1.76. The molecule has 4 heteroatoms. The van der Waals surface area contributed by atoms with Crippen LogP contribution < -0.4 is 5.32 Å². The first-order valence-corrected chi connectivity index (χ1v) is 8.60. The van der Waals surface area contributed by atoms with Gasteiger partial charge >= 0.3 is 0 Å². The van der Waals surface area contributed by atoms with Crippen molar-refractivity contribution in [2.24, 2.45) is 5.92 Å². The van der Waals surface area contributed by atoms with Gasteiger partial charge in [0, 0.05) is 25.4 Å². The topological polar surface area (TPSA) is 37.8 Å². The van der Waals surface area contributed by atoms with Gasteiger partial charge in [0.1, 0.15) is 10.0 Å². The highest BCUT2D eigenvalue weighted by Gasteiger charge is 2.15. The molecule has 0 aromatic carbocycles. The zero-order valence-corrected chi connectivity index (χ0v) is 13.1. The van der Waals surface area contributed by atoms with Crippen LogP contribution in [0, 0.1) is 5.92 Å². The van der Waals surface area contributed by atoms with Crippen molar-refractivity contribution >= 4 is 11.3 Å². The van der Waals surface area contributed by atoms with Crippen LogP contribution in [-0.2, 0) is 12.8 Å². The normalized spacial score (nSPS) is 17.8. The van der Waals surface area contributed by atoms with E-state index >= 15 is 0 Å². The third-order valence-electron chi connectivity index (χ3n) is 3.84. The molecule has 0 amide bonds. The fraction of sp³-hybridized carbons (Fsp3) is 0.867. The number of nitrogens with zero attached hydrogens (tertiary/aromatic N) is 2. The van der Waals surface area contributed by atoms with E-state index in [0.717, 1.165) is 25.3 Å². The minimum Gasteiger partial charge on any atom is -0.314 e. The van der Waals surface area contributed by atoms with Crippen molar-refractivity contribution in [2.75, 3.05) is 6.54 Å². The Labute approximate surface area is 121 Å². The molecule has 1 aliphatic carbocycles. The summed E-state index contributed by atoms with van der Waals surface area (Å²) in [5, 5.41) is 14.6. The van der Waals surface area contributed by atoms with E-state index in [1.54, 1.807) is 0 Å². The summed E-state index contributed by atoms with van der Waals surface area (Å²) < 4.78 is 0. The summed E-state index contributed by atoms with van der Waals surface area (Å²) in [7, 11) is 0. The van der Waals surface area contributed by atoms with Crippen molar-refractivity contribution in [1.82, 2.24) is 15.5 Å². The quantitative estimate of drug-likeness (QED) is 0.810. The zero-order chi connectivity index (χ0) is 13.5. The number of nitrogens with one attached hydrogen (secondary N) is 1. The van der Waals surface area contributed by atoms with E-state index in [2.05, 4.69) is 29.4 Å². The lowest BCUT2D eigenvalue weighted by Crippen LogP contribution is -2.24. The van der Waals surface area contributed by atoms with Gasteiger partial charge in [-0.2, -0.15) is 0 Å². The Morgan fingerprint density at radius 1 is 1.11 bits per heavy atom. The molecule has 1 N–H and O–H groups in total. The fourth-order valence-electron chi connectivity index (χ4n) is 2.75. The molecule has 19 heavy (non-hydrogen) atoms. The average molecular weight is 281 g/mol. The lowest BCUT2D eigenvalue weighted by atomic mass is 9.97. The van der Waals surface area contributed by atoms with Crippen LogP contribution in [-0.4, -0.2) is 22.8 Å². The molecule has 0 unspecified atom stereocenters. The first kappa shape index (κ1) is 14.9. The Morgan fingerprint density at radius 3 is 2.47 bits per heavy atom. The van der Waals surface area contributed by atoms with Crippen LogP contribution in [0.25, 0.3) is 0 Å². The summed E-state index contributed by atoms with van der Waals surface area (Å²) >= 11 is 1.82. The average Bonchev–Trinajstić information content (AvgIpc) is 2.65. The van der Waals surface area contributed by atoms with Gasteiger partial charge in [0.05, 0.1) is 0 Å². The van der Waals surface area contributed by atoms with Gasteiger partial charge in [0.25, 0.3) is 0 Å². The second kappa shape index (κ2) is 7.95. The van der Waals surface area contributed by atoms with Crippen LogP contribution in [0.3, 0.4) is 0 Å². The van der Waals surface area contributed by atoms with Gasteiger partial charge in [0.2, 0.25) is 0 Å². The SMILES string of the molecule is CC(C)NCCc1nnc(CC2CCCCCC2)s1. The highest BCUT2D eigenvalue weighted by molar-refractivity contribution is 7.11. The largest absolute Gasteiger partial charge is 0.314 e. The molecule has 108 valence electrons. The number of aromatic nitrogens is 2. The maximum Gasteiger partial charge on any atom is 0.118 e. The highest BCUT2D eigenvalue weighted by Crippen LogP contribution is 2.26. The van der Waals surface area contributed by atoms with E-state index in [4.69, 9.17) is 0 Å². The van der Waals surface area contributed by atoms with Crippen LogP contribution in [0.1, 0.15) is 62.4 Å². The second-order valence-electron chi connectivity index (χ2n) is 6.01. The molecule has 1 saturated carbocycles. The van der Waals surface area contributed by atoms with Crippen LogP contribution in [0.5, 0.6) is 0 Å². The Morgan fingerprint density at radius 2 is 1.79 bits per heavy atom. The summed E-state index contributed by atoms with van der Waals surface area (Å²) in [6, 6.07) is 0.554. The van der Waals surface area contributed by atoms with Gasteiger partial charge in [-0.25, -0.2) is 0 Å². The van der Waals surface area contributed by atoms with Crippen molar-refractivity contribution in [2.45, 2.75) is 71.3 Å². The van der Waals surface area contributed by atoms with Gasteiger partial charge in [0.15, 0.2) is 0 Å². The van der Waals surface area contributed by atoms with Crippen molar-refractivity contribution in [1.29, 1.82) is 0 Å². The summed E-state index contributed by atoms with van der Waals surface area (Å²) in [5.74, 6) is 0.858. The van der Waals surface area contributed by atoms with Crippen LogP contribution in [0.2, 0.25) is 0 Å². The van der Waals surface area contributed by atoms with E-state index in [-0.39, 0.29) is 0 Å². The smallest absolute Gasteiger partial charge is 0.118 e. The van der Waals surface area contributed by atoms with Crippen LogP contribution in [0.4, 0.5) is 0 Å². The molecule has 3 nitrogen and oxygen atoms in total. The van der Waals surface area contributed by atoms with Crippen LogP contribution in [0.15, 0.2) is 0 Å². The van der Waals surface area contributed by atoms with E-state index in [1.165, 1.54) is 48.5 Å². The molecule has 0 spiro atoms. The van der Waals surface area contributed by atoms with Crippen LogP contribution >= 0.6 is 11.3 Å². The third-order valence-corrected chi connectivity index (χ3v) is 4.84. The van der Waals surface area contributed by atoms with E-state index in [9.17, 15) is 0 Å². The molecule has 1 heterocycles. The Bertz CT molecular complexity index is 354. The molecule has 1 aromatic rings. The van der Waals surface area contributed by atoms with Gasteiger partial charge in [-0.05, 0) is 5.92 Å². The van der Waals surface area contributed by atoms with Gasteiger partial charge in [-0.15, -0.1) is 21.5 Å². The minimum atomic E-state index is 0.554. The summed E-state index contributed by atoms with van der Waals surface area (Å²) in [5.41, 5.74) is 0. The predicted molar refractivity (Wildman–Crippen MR) is 81.6 cm³/mol. The first-order valence-electron chi connectivity index (χ1n) is 7.78. The monoisotopic (exact) mass is 281 g/mol. The summed E-state index contributed by atoms with van der Waals surface area (Å²) in [4.78, 5) is 0. The first-order chi connectivity index (χ1) is 9.24. The molecule has 0 radical (unpaired) electrons. The predicted octanol–water partition coefficient (Wildman–Crippen LogP) is 3.59. The molecular weight excluding hydrogens is 254 g/mol. The maximum absolute atomic E-state index is 4.38. The molecule has 0 aliphatic heterocycles. The molecule has 0 bridgehead atoms. The van der Waals surface area contributed by atoms with Crippen molar-refractivity contribution in [3.05, 3.63) is 10.0 Å². The van der Waals surface area contributed by atoms with Gasteiger partial charge in [-0.3, -0.25) is 0 Å².